The number of rotatable bonds is 4. The highest BCUT2D eigenvalue weighted by Crippen LogP contribution is 2.23. The number of hydrogen-bond donors (Lipinski definition) is 0. The lowest BCUT2D eigenvalue weighted by atomic mass is 10.2. The van der Waals surface area contributed by atoms with E-state index >= 15 is 0 Å². The molecule has 22 heavy (non-hydrogen) atoms. The summed E-state index contributed by atoms with van der Waals surface area (Å²) in [6, 6.07) is 6.16. The van der Waals surface area contributed by atoms with Crippen molar-refractivity contribution in [3.8, 4) is 11.3 Å². The van der Waals surface area contributed by atoms with Gasteiger partial charge in [0.15, 0.2) is 0 Å². The van der Waals surface area contributed by atoms with Crippen molar-refractivity contribution in [1.82, 2.24) is 9.88 Å². The smallest absolute Gasteiger partial charge is 0.229 e. The second kappa shape index (κ2) is 6.19. The molecule has 0 N–H and O–H groups in total. The Labute approximate surface area is 130 Å². The largest absolute Gasteiger partial charge is 0.279 e. The molecule has 0 unspecified atom stereocenters. The first-order valence-electron chi connectivity index (χ1n) is 6.85. The second-order valence-corrected chi connectivity index (χ2v) is 5.77. The van der Waals surface area contributed by atoms with Gasteiger partial charge in [-0.15, -0.1) is 11.3 Å². The summed E-state index contributed by atoms with van der Waals surface area (Å²) in [7, 11) is 0. The van der Waals surface area contributed by atoms with E-state index in [-0.39, 0.29) is 24.2 Å². The van der Waals surface area contributed by atoms with E-state index < -0.39 is 0 Å². The molecule has 0 aliphatic carbocycles. The van der Waals surface area contributed by atoms with Crippen LogP contribution in [0.4, 0.5) is 4.39 Å². The highest BCUT2D eigenvalue weighted by Gasteiger charge is 2.27. The fourth-order valence-electron chi connectivity index (χ4n) is 2.20. The van der Waals surface area contributed by atoms with Crippen molar-refractivity contribution in [2.24, 2.45) is 0 Å². The van der Waals surface area contributed by atoms with E-state index in [0.717, 1.165) is 16.3 Å². The van der Waals surface area contributed by atoms with Gasteiger partial charge in [-0.1, -0.05) is 6.08 Å². The maximum atomic E-state index is 12.9. The maximum absolute atomic E-state index is 12.9. The van der Waals surface area contributed by atoms with Crippen LogP contribution in [-0.4, -0.2) is 28.2 Å². The zero-order chi connectivity index (χ0) is 15.5. The molecule has 0 atom stereocenters. The normalized spacial score (nSPS) is 15.2. The van der Waals surface area contributed by atoms with Crippen LogP contribution in [0.25, 0.3) is 17.3 Å². The van der Waals surface area contributed by atoms with Gasteiger partial charge in [-0.25, -0.2) is 9.37 Å². The van der Waals surface area contributed by atoms with Crippen LogP contribution in [0.15, 0.2) is 35.7 Å². The summed E-state index contributed by atoms with van der Waals surface area (Å²) < 4.78 is 12.9. The van der Waals surface area contributed by atoms with Crippen LogP contribution in [0.5, 0.6) is 0 Å². The summed E-state index contributed by atoms with van der Waals surface area (Å²) in [5, 5.41) is 2.66. The number of carbonyl (C=O) groups is 2. The highest BCUT2D eigenvalue weighted by molar-refractivity contribution is 7.10. The van der Waals surface area contributed by atoms with Gasteiger partial charge in [0.05, 0.1) is 5.69 Å². The number of thiazole rings is 1. The molecule has 2 amide bonds. The summed E-state index contributed by atoms with van der Waals surface area (Å²) >= 11 is 1.45. The van der Waals surface area contributed by atoms with Gasteiger partial charge in [0.2, 0.25) is 11.8 Å². The quantitative estimate of drug-likeness (QED) is 0.814. The van der Waals surface area contributed by atoms with Crippen LogP contribution in [0.2, 0.25) is 0 Å². The molecule has 2 heterocycles. The van der Waals surface area contributed by atoms with E-state index in [9.17, 15) is 14.0 Å². The molecule has 0 radical (unpaired) electrons. The molecule has 0 bridgehead atoms. The number of aromatic nitrogens is 1. The molecular formula is C16H13FN2O2S. The predicted octanol–water partition coefficient (Wildman–Crippen LogP) is 3.11. The number of benzene rings is 1. The molecule has 1 saturated heterocycles. The molecule has 1 aliphatic heterocycles. The van der Waals surface area contributed by atoms with Gasteiger partial charge in [-0.2, -0.15) is 0 Å². The van der Waals surface area contributed by atoms with Gasteiger partial charge in [-0.05, 0) is 30.3 Å². The monoisotopic (exact) mass is 316 g/mol. The maximum Gasteiger partial charge on any atom is 0.229 e. The number of likely N-dealkylation sites (tertiary alicyclic amines) is 1. The average Bonchev–Trinajstić information content (AvgIpc) is 3.10. The minimum Gasteiger partial charge on any atom is -0.279 e. The van der Waals surface area contributed by atoms with Gasteiger partial charge in [0.25, 0.3) is 0 Å². The van der Waals surface area contributed by atoms with E-state index in [1.54, 1.807) is 24.3 Å². The first-order valence-corrected chi connectivity index (χ1v) is 7.72. The first kappa shape index (κ1) is 14.6. The lowest BCUT2D eigenvalue weighted by Gasteiger charge is -2.09. The van der Waals surface area contributed by atoms with Crippen LogP contribution < -0.4 is 0 Å². The Hall–Kier alpha value is -2.34. The minimum absolute atomic E-state index is 0.124. The number of nitrogens with zero attached hydrogens (tertiary/aromatic N) is 2. The molecule has 112 valence electrons. The Morgan fingerprint density at radius 2 is 1.86 bits per heavy atom. The topological polar surface area (TPSA) is 50.3 Å². The molecule has 6 heteroatoms. The minimum atomic E-state index is -0.279. The third-order valence-electron chi connectivity index (χ3n) is 3.37. The second-order valence-electron chi connectivity index (χ2n) is 4.88. The molecule has 0 spiro atoms. The predicted molar refractivity (Wildman–Crippen MR) is 82.5 cm³/mol. The Balaban J connectivity index is 1.66. The molecule has 1 fully saturated rings. The SMILES string of the molecule is O=C1CCC(=O)N1C/C=C/c1nc(-c2ccc(F)cc2)cs1. The number of imide groups is 1. The Kier molecular flexibility index (Phi) is 4.11. The number of carbonyl (C=O) groups excluding carboxylic acids is 2. The van der Waals surface area contributed by atoms with Crippen molar-refractivity contribution in [1.29, 1.82) is 0 Å². The van der Waals surface area contributed by atoms with E-state index in [2.05, 4.69) is 4.98 Å². The third kappa shape index (κ3) is 3.12. The van der Waals surface area contributed by atoms with Crippen LogP contribution in [0, 0.1) is 5.82 Å². The van der Waals surface area contributed by atoms with Crippen molar-refractivity contribution in [3.63, 3.8) is 0 Å². The Morgan fingerprint density at radius 1 is 1.18 bits per heavy atom. The van der Waals surface area contributed by atoms with Gasteiger partial charge in [-0.3, -0.25) is 14.5 Å². The lowest BCUT2D eigenvalue weighted by molar-refractivity contribution is -0.137. The Bertz CT molecular complexity index is 721. The Morgan fingerprint density at radius 3 is 2.55 bits per heavy atom. The zero-order valence-corrected chi connectivity index (χ0v) is 12.5. The zero-order valence-electron chi connectivity index (χ0n) is 11.7. The molecule has 3 rings (SSSR count). The van der Waals surface area contributed by atoms with Gasteiger partial charge in [0, 0.05) is 30.3 Å². The fraction of sp³-hybridized carbons (Fsp3) is 0.188. The first-order chi connectivity index (χ1) is 10.6. The number of hydrogen-bond acceptors (Lipinski definition) is 4. The lowest BCUT2D eigenvalue weighted by Crippen LogP contribution is -2.28. The van der Waals surface area contributed by atoms with Gasteiger partial charge in [0.1, 0.15) is 10.8 Å². The van der Waals surface area contributed by atoms with E-state index in [1.165, 1.54) is 28.4 Å². The van der Waals surface area contributed by atoms with E-state index in [4.69, 9.17) is 0 Å². The van der Waals surface area contributed by atoms with Gasteiger partial charge < -0.3 is 0 Å². The summed E-state index contributed by atoms with van der Waals surface area (Å²) in [6.45, 7) is 0.281. The summed E-state index contributed by atoms with van der Waals surface area (Å²) in [6.07, 6.45) is 4.16. The molecule has 2 aromatic rings. The van der Waals surface area contributed by atoms with Crippen molar-refractivity contribution >= 4 is 29.2 Å². The third-order valence-corrected chi connectivity index (χ3v) is 4.18. The van der Waals surface area contributed by atoms with Crippen molar-refractivity contribution in [2.75, 3.05) is 6.54 Å². The van der Waals surface area contributed by atoms with Crippen molar-refractivity contribution in [3.05, 3.63) is 46.5 Å². The molecule has 1 aromatic heterocycles. The standard InChI is InChI=1S/C16H13FN2O2S/c17-12-5-3-11(4-6-12)13-10-22-14(18-13)2-1-9-19-15(20)7-8-16(19)21/h1-6,10H,7-9H2/b2-1+. The van der Waals surface area contributed by atoms with Crippen molar-refractivity contribution in [2.45, 2.75) is 12.8 Å². The molecular weight excluding hydrogens is 303 g/mol. The molecule has 0 saturated carbocycles. The molecule has 4 nitrogen and oxygen atoms in total. The van der Waals surface area contributed by atoms with Crippen LogP contribution in [0.3, 0.4) is 0 Å². The van der Waals surface area contributed by atoms with Crippen molar-refractivity contribution < 1.29 is 14.0 Å². The average molecular weight is 316 g/mol. The molecule has 1 aromatic carbocycles. The van der Waals surface area contributed by atoms with E-state index in [1.807, 2.05) is 5.38 Å². The summed E-state index contributed by atoms with van der Waals surface area (Å²) in [5.41, 5.74) is 1.63. The summed E-state index contributed by atoms with van der Waals surface area (Å²) in [5.74, 6) is -0.527. The molecule has 1 aliphatic rings. The van der Waals surface area contributed by atoms with Crippen LogP contribution >= 0.6 is 11.3 Å². The number of halogens is 1. The van der Waals surface area contributed by atoms with E-state index in [0.29, 0.717) is 12.8 Å². The highest BCUT2D eigenvalue weighted by atomic mass is 32.1. The summed E-state index contributed by atoms with van der Waals surface area (Å²) in [4.78, 5) is 28.6. The fourth-order valence-corrected chi connectivity index (χ4v) is 2.95. The van der Waals surface area contributed by atoms with Gasteiger partial charge >= 0.3 is 0 Å². The number of amides is 2. The van der Waals surface area contributed by atoms with Crippen LogP contribution in [0.1, 0.15) is 17.8 Å². The van der Waals surface area contributed by atoms with Crippen LogP contribution in [-0.2, 0) is 9.59 Å².